The van der Waals surface area contributed by atoms with E-state index in [0.29, 0.717) is 40.1 Å². The zero-order chi connectivity index (χ0) is 35.4. The third-order valence-electron chi connectivity index (χ3n) is 12.5. The van der Waals surface area contributed by atoms with E-state index in [2.05, 4.69) is 37.9 Å². The van der Waals surface area contributed by atoms with Crippen LogP contribution in [0.4, 0.5) is 10.2 Å². The van der Waals surface area contributed by atoms with E-state index in [-0.39, 0.29) is 52.8 Å². The first-order valence-corrected chi connectivity index (χ1v) is 19.3. The quantitative estimate of drug-likeness (QED) is 0.182. The highest BCUT2D eigenvalue weighted by atomic mass is 35.5. The van der Waals surface area contributed by atoms with Crippen molar-refractivity contribution in [1.82, 2.24) is 24.8 Å². The fourth-order valence-electron chi connectivity index (χ4n) is 10.0. The number of aryl methyl sites for hydroxylation is 2. The Morgan fingerprint density at radius 3 is 2.67 bits per heavy atom. The van der Waals surface area contributed by atoms with Crippen molar-refractivity contribution in [2.45, 2.75) is 69.6 Å². The van der Waals surface area contributed by atoms with Gasteiger partial charge in [0, 0.05) is 83.4 Å². The Bertz CT molecular complexity index is 2320. The fraction of sp³-hybridized carbons (Fsp3) is 0.415. The molecule has 2 saturated carbocycles. The predicted octanol–water partition coefficient (Wildman–Crippen LogP) is 8.18. The molecule has 1 amide bonds. The second-order valence-corrected chi connectivity index (χ2v) is 16.3. The molecule has 6 fully saturated rings. The van der Waals surface area contributed by atoms with Gasteiger partial charge >= 0.3 is 0 Å². The summed E-state index contributed by atoms with van der Waals surface area (Å²) in [4.78, 5) is 28.6. The molecular weight excluding hydrogens is 696 g/mol. The number of pyridine rings is 2. The summed E-state index contributed by atoms with van der Waals surface area (Å²) in [6.07, 6.45) is 6.33. The van der Waals surface area contributed by atoms with Crippen LogP contribution < -0.4 is 10.2 Å². The summed E-state index contributed by atoms with van der Waals surface area (Å²) < 4.78 is 19.8. The number of hydrogen-bond donors (Lipinski definition) is 1. The van der Waals surface area contributed by atoms with Crippen molar-refractivity contribution >= 4 is 56.7 Å². The number of benzene rings is 2. The van der Waals surface area contributed by atoms with Gasteiger partial charge < -0.3 is 19.7 Å². The number of rotatable bonds is 7. The Kier molecular flexibility index (Phi) is 7.58. The maximum atomic E-state index is 17.3. The number of nitrogens with zero attached hydrogens (tertiary/aromatic N) is 6. The molecule has 4 bridgehead atoms. The molecule has 52 heavy (non-hydrogen) atoms. The largest absolute Gasteiger partial charge is 0.354 e. The van der Waals surface area contributed by atoms with Gasteiger partial charge in [0.1, 0.15) is 11.3 Å². The zero-order valence-electron chi connectivity index (χ0n) is 28.8. The molecule has 0 unspecified atom stereocenters. The molecule has 6 atom stereocenters. The lowest BCUT2D eigenvalue weighted by Gasteiger charge is -2.40. The van der Waals surface area contributed by atoms with Gasteiger partial charge in [-0.05, 0) is 80.8 Å². The number of nitrogens with one attached hydrogen (secondary N) is 1. The molecule has 3 aromatic heterocycles. The molecule has 4 aliphatic heterocycles. The molecular formula is C41H38Cl2FN7O. The summed E-state index contributed by atoms with van der Waals surface area (Å²) in [7, 11) is 0. The summed E-state index contributed by atoms with van der Waals surface area (Å²) in [6.45, 7) is 4.45. The first-order valence-electron chi connectivity index (χ1n) is 18.5. The standard InChI is InChI=1S/C41H38Cl2FN7O/c1-21-28-17-32(39-25-14-26(50(39)41(52)22-10-11-22)20-49(19-25)33-9-2-3-13-46-33)51(38-24-16-31(38)47-18-24)40(28)29-15-23(6-5-12-45)34(36(44)37(29)48-21)27-7-4-8-30(42)35(27)43/h2-4,7-9,13,15,17,22,24-26,31,38-39,47H,5-6,10-11,14,16,18-20H2,1H3/t24-,25+,26-,31-,38+,39-/m1/s1. The van der Waals surface area contributed by atoms with Crippen molar-refractivity contribution in [3.8, 4) is 17.2 Å². The van der Waals surface area contributed by atoms with Gasteiger partial charge in [0.25, 0.3) is 0 Å². The van der Waals surface area contributed by atoms with E-state index in [0.717, 1.165) is 78.8 Å². The minimum absolute atomic E-state index is 0.0811. The molecule has 264 valence electrons. The van der Waals surface area contributed by atoms with Crippen LogP contribution in [0.3, 0.4) is 0 Å². The van der Waals surface area contributed by atoms with E-state index in [9.17, 15) is 10.1 Å². The van der Waals surface area contributed by atoms with Gasteiger partial charge in [0.05, 0.1) is 39.8 Å². The summed E-state index contributed by atoms with van der Waals surface area (Å²) in [5.41, 5.74) is 4.63. The third kappa shape index (κ3) is 4.83. The van der Waals surface area contributed by atoms with E-state index in [1.54, 1.807) is 18.2 Å². The van der Waals surface area contributed by atoms with E-state index in [1.807, 2.05) is 31.3 Å². The Balaban J connectivity index is 1.22. The van der Waals surface area contributed by atoms with Crippen LogP contribution in [0, 0.1) is 41.8 Å². The highest BCUT2D eigenvalue weighted by molar-refractivity contribution is 6.43. The molecule has 2 aliphatic carbocycles. The number of fused-ring (bicyclic) bond motifs is 6. The third-order valence-corrected chi connectivity index (χ3v) is 13.3. The first kappa shape index (κ1) is 32.4. The smallest absolute Gasteiger partial charge is 0.226 e. The van der Waals surface area contributed by atoms with Crippen LogP contribution in [0.2, 0.25) is 10.0 Å². The van der Waals surface area contributed by atoms with Crippen LogP contribution in [0.25, 0.3) is 32.9 Å². The second-order valence-electron chi connectivity index (χ2n) is 15.5. The maximum absolute atomic E-state index is 17.3. The lowest BCUT2D eigenvalue weighted by Crippen LogP contribution is -2.45. The van der Waals surface area contributed by atoms with Gasteiger partial charge in [-0.3, -0.25) is 4.79 Å². The number of hydrogen-bond acceptors (Lipinski definition) is 6. The van der Waals surface area contributed by atoms with Crippen LogP contribution in [-0.2, 0) is 11.2 Å². The molecule has 0 radical (unpaired) electrons. The Hall–Kier alpha value is -4.23. The van der Waals surface area contributed by atoms with Gasteiger partial charge in [0.2, 0.25) is 5.91 Å². The number of halogens is 3. The molecule has 4 saturated heterocycles. The molecule has 11 rings (SSSR count). The topological polar surface area (TPSA) is 90.1 Å². The number of piperidine rings is 1. The predicted molar refractivity (Wildman–Crippen MR) is 201 cm³/mol. The van der Waals surface area contributed by atoms with Gasteiger partial charge in [-0.1, -0.05) is 41.4 Å². The molecule has 8 nitrogen and oxygen atoms in total. The van der Waals surface area contributed by atoms with Crippen LogP contribution in [-0.4, -0.2) is 57.1 Å². The number of carbonyl (C=O) groups is 1. The van der Waals surface area contributed by atoms with Gasteiger partial charge in [0.15, 0.2) is 5.82 Å². The molecule has 6 aliphatic rings. The Morgan fingerprint density at radius 1 is 1.08 bits per heavy atom. The summed E-state index contributed by atoms with van der Waals surface area (Å²) in [5, 5.41) is 15.7. The summed E-state index contributed by atoms with van der Waals surface area (Å²) in [6, 6.07) is 18.2. The summed E-state index contributed by atoms with van der Waals surface area (Å²) in [5.74, 6) is 1.48. The number of carbonyl (C=O) groups excluding carboxylic acids is 1. The lowest BCUT2D eigenvalue weighted by atomic mass is 9.79. The number of amides is 1. The number of aromatic nitrogens is 3. The average molecular weight is 735 g/mol. The lowest BCUT2D eigenvalue weighted by molar-refractivity contribution is -0.135. The summed E-state index contributed by atoms with van der Waals surface area (Å²) >= 11 is 13.2. The molecule has 1 N–H and O–H groups in total. The van der Waals surface area contributed by atoms with E-state index < -0.39 is 5.82 Å². The monoisotopic (exact) mass is 733 g/mol. The van der Waals surface area contributed by atoms with Crippen molar-refractivity contribution in [3.63, 3.8) is 0 Å². The highest BCUT2D eigenvalue weighted by Crippen LogP contribution is 2.54. The average Bonchev–Trinajstić information content (AvgIpc) is 3.43. The van der Waals surface area contributed by atoms with Gasteiger partial charge in [-0.25, -0.2) is 14.4 Å². The molecule has 0 spiro atoms. The second kappa shape index (κ2) is 12.2. The molecule has 11 heteroatoms. The first-order chi connectivity index (χ1) is 25.3. The van der Waals surface area contributed by atoms with Crippen molar-refractivity contribution < 1.29 is 9.18 Å². The fourth-order valence-corrected chi connectivity index (χ4v) is 10.4. The molecule has 2 aromatic carbocycles. The van der Waals surface area contributed by atoms with Crippen molar-refractivity contribution in [2.24, 2.45) is 17.8 Å². The normalized spacial score (nSPS) is 26.3. The van der Waals surface area contributed by atoms with Crippen LogP contribution >= 0.6 is 23.2 Å². The number of nitriles is 1. The molecule has 5 aromatic rings. The zero-order valence-corrected chi connectivity index (χ0v) is 30.3. The highest BCUT2D eigenvalue weighted by Gasteiger charge is 2.55. The van der Waals surface area contributed by atoms with Crippen LogP contribution in [0.5, 0.6) is 0 Å². The van der Waals surface area contributed by atoms with Crippen molar-refractivity contribution in [3.05, 3.63) is 87.5 Å². The number of likely N-dealkylation sites (tertiary alicyclic amines) is 1. The van der Waals surface area contributed by atoms with E-state index in [1.165, 1.54) is 0 Å². The Morgan fingerprint density at radius 2 is 1.94 bits per heavy atom. The number of anilines is 1. The van der Waals surface area contributed by atoms with E-state index >= 15 is 4.39 Å². The van der Waals surface area contributed by atoms with Gasteiger partial charge in [-0.15, -0.1) is 0 Å². The van der Waals surface area contributed by atoms with E-state index in [4.69, 9.17) is 33.2 Å². The van der Waals surface area contributed by atoms with Crippen molar-refractivity contribution in [2.75, 3.05) is 24.5 Å². The Labute approximate surface area is 311 Å². The maximum Gasteiger partial charge on any atom is 0.226 e. The minimum Gasteiger partial charge on any atom is -0.354 e. The van der Waals surface area contributed by atoms with Crippen LogP contribution in [0.15, 0.2) is 54.7 Å². The minimum atomic E-state index is -0.461. The van der Waals surface area contributed by atoms with Gasteiger partial charge in [-0.2, -0.15) is 5.26 Å². The molecule has 7 heterocycles. The SMILES string of the molecule is Cc1nc2c(F)c(-c3cccc(Cl)c3Cl)c(CCC#N)cc2c2c1cc([C@H]1[C@H]3C[C@H](CN(c4ccccn4)C3)N1C(=O)C1CC1)n2[C@H]1[C@H]2CN[C@@H]1C2. The van der Waals surface area contributed by atoms with Crippen LogP contribution in [0.1, 0.15) is 61.1 Å². The van der Waals surface area contributed by atoms with Crippen molar-refractivity contribution in [1.29, 1.82) is 5.26 Å².